The lowest BCUT2D eigenvalue weighted by molar-refractivity contribution is -0.160. The Hall–Kier alpha value is 0.160. The molecule has 3 fully saturated rings. The molecule has 0 spiro atoms. The largest absolute Gasteiger partial charge is 0.475 e. The number of hydrogen-bond acceptors (Lipinski definition) is 5. The van der Waals surface area contributed by atoms with Crippen molar-refractivity contribution in [1.29, 1.82) is 0 Å². The lowest BCUT2D eigenvalue weighted by Gasteiger charge is -2.24. The SMILES string of the molecule is CSC(=S)O[C@H]1CC[C@@H]2[C@H]1C[C@@H]1OC(C)(C)O[C@H]21. The molecule has 0 radical (unpaired) electrons. The smallest absolute Gasteiger partial charge is 0.219 e. The quantitative estimate of drug-likeness (QED) is 0.692. The maximum absolute atomic E-state index is 6.05. The van der Waals surface area contributed by atoms with Gasteiger partial charge in [-0.3, -0.25) is 0 Å². The minimum absolute atomic E-state index is 0.254. The number of rotatable bonds is 1. The fourth-order valence-electron chi connectivity index (χ4n) is 3.79. The van der Waals surface area contributed by atoms with Crippen molar-refractivity contribution < 1.29 is 14.2 Å². The van der Waals surface area contributed by atoms with Gasteiger partial charge in [0.25, 0.3) is 0 Å². The van der Waals surface area contributed by atoms with Crippen molar-refractivity contribution in [1.82, 2.24) is 0 Å². The lowest BCUT2D eigenvalue weighted by Crippen LogP contribution is -2.28. The molecule has 3 nitrogen and oxygen atoms in total. The Balaban J connectivity index is 1.67. The fraction of sp³-hybridized carbons (Fsp3) is 0.923. The van der Waals surface area contributed by atoms with Gasteiger partial charge in [0.05, 0.1) is 12.2 Å². The Bertz CT molecular complexity index is 358. The predicted molar refractivity (Wildman–Crippen MR) is 75.6 cm³/mol. The van der Waals surface area contributed by atoms with E-state index in [-0.39, 0.29) is 18.3 Å². The van der Waals surface area contributed by atoms with Crippen molar-refractivity contribution in [3.63, 3.8) is 0 Å². The van der Waals surface area contributed by atoms with Crippen molar-refractivity contribution >= 4 is 28.4 Å². The Labute approximate surface area is 118 Å². The average Bonchev–Trinajstić information content (AvgIpc) is 2.89. The number of thiocarbonyl (C=S) groups is 1. The van der Waals surface area contributed by atoms with Gasteiger partial charge in [-0.05, 0) is 57.5 Å². The molecule has 3 aliphatic rings. The molecule has 1 aliphatic heterocycles. The minimum Gasteiger partial charge on any atom is -0.475 e. The molecular weight excluding hydrogens is 268 g/mol. The summed E-state index contributed by atoms with van der Waals surface area (Å²) in [5.41, 5.74) is 0. The van der Waals surface area contributed by atoms with Crippen molar-refractivity contribution in [3.8, 4) is 0 Å². The minimum atomic E-state index is -0.409. The van der Waals surface area contributed by atoms with Crippen LogP contribution in [0.15, 0.2) is 0 Å². The molecule has 2 saturated carbocycles. The normalized spacial score (nSPS) is 44.7. The Morgan fingerprint density at radius 2 is 2.06 bits per heavy atom. The fourth-order valence-corrected chi connectivity index (χ4v) is 4.13. The van der Waals surface area contributed by atoms with E-state index >= 15 is 0 Å². The molecule has 0 unspecified atom stereocenters. The molecule has 3 rings (SSSR count). The molecule has 2 aliphatic carbocycles. The van der Waals surface area contributed by atoms with E-state index in [1.807, 2.05) is 20.1 Å². The van der Waals surface area contributed by atoms with E-state index in [1.165, 1.54) is 18.2 Å². The molecule has 0 bridgehead atoms. The first-order valence-electron chi connectivity index (χ1n) is 6.60. The summed E-state index contributed by atoms with van der Waals surface area (Å²) in [6, 6.07) is 0. The van der Waals surface area contributed by atoms with E-state index in [0.717, 1.165) is 12.8 Å². The van der Waals surface area contributed by atoms with Gasteiger partial charge in [-0.25, -0.2) is 0 Å². The van der Waals surface area contributed by atoms with Crippen molar-refractivity contribution in [2.75, 3.05) is 6.26 Å². The van der Waals surface area contributed by atoms with Crippen LogP contribution >= 0.6 is 24.0 Å². The van der Waals surface area contributed by atoms with Gasteiger partial charge in [0, 0.05) is 5.92 Å². The van der Waals surface area contributed by atoms with Crippen LogP contribution in [0.1, 0.15) is 33.1 Å². The van der Waals surface area contributed by atoms with Crippen LogP contribution in [0, 0.1) is 11.8 Å². The topological polar surface area (TPSA) is 27.7 Å². The van der Waals surface area contributed by atoms with Gasteiger partial charge in [-0.2, -0.15) is 0 Å². The Kier molecular flexibility index (Phi) is 3.37. The lowest BCUT2D eigenvalue weighted by atomic mass is 9.98. The zero-order chi connectivity index (χ0) is 12.9. The van der Waals surface area contributed by atoms with Gasteiger partial charge in [0.1, 0.15) is 6.10 Å². The summed E-state index contributed by atoms with van der Waals surface area (Å²) in [4.78, 5) is 0. The molecule has 0 N–H and O–H groups in total. The molecule has 1 saturated heterocycles. The number of ether oxygens (including phenoxy) is 3. The highest BCUT2D eigenvalue weighted by molar-refractivity contribution is 8.22. The third-order valence-electron chi connectivity index (χ3n) is 4.37. The van der Waals surface area contributed by atoms with Gasteiger partial charge in [-0.15, -0.1) is 0 Å². The van der Waals surface area contributed by atoms with Crippen LogP contribution in [-0.4, -0.2) is 34.7 Å². The highest BCUT2D eigenvalue weighted by Crippen LogP contribution is 2.52. The maximum atomic E-state index is 6.05. The van der Waals surface area contributed by atoms with E-state index in [0.29, 0.717) is 16.2 Å². The second-order valence-electron chi connectivity index (χ2n) is 5.89. The number of thioether (sulfide) groups is 1. The highest BCUT2D eigenvalue weighted by atomic mass is 32.2. The number of hydrogen-bond donors (Lipinski definition) is 0. The van der Waals surface area contributed by atoms with E-state index in [9.17, 15) is 0 Å². The third kappa shape index (κ3) is 2.19. The van der Waals surface area contributed by atoms with Gasteiger partial charge in [0.15, 0.2) is 5.79 Å². The van der Waals surface area contributed by atoms with Gasteiger partial charge >= 0.3 is 0 Å². The maximum Gasteiger partial charge on any atom is 0.219 e. The first-order valence-corrected chi connectivity index (χ1v) is 8.24. The van der Waals surface area contributed by atoms with Crippen LogP contribution in [-0.2, 0) is 14.2 Å². The van der Waals surface area contributed by atoms with Crippen LogP contribution < -0.4 is 0 Å². The molecule has 0 aromatic carbocycles. The zero-order valence-electron chi connectivity index (χ0n) is 11.0. The van der Waals surface area contributed by atoms with Crippen molar-refractivity contribution in [2.24, 2.45) is 11.8 Å². The molecule has 5 heteroatoms. The highest BCUT2D eigenvalue weighted by Gasteiger charge is 2.57. The van der Waals surface area contributed by atoms with E-state index in [1.54, 1.807) is 0 Å². The van der Waals surface area contributed by atoms with Gasteiger partial charge in [-0.1, -0.05) is 11.8 Å². The monoisotopic (exact) mass is 288 g/mol. The third-order valence-corrected chi connectivity index (χ3v) is 5.40. The van der Waals surface area contributed by atoms with Crippen molar-refractivity contribution in [2.45, 2.75) is 57.2 Å². The van der Waals surface area contributed by atoms with Crippen molar-refractivity contribution in [3.05, 3.63) is 0 Å². The molecule has 0 aromatic heterocycles. The van der Waals surface area contributed by atoms with E-state index in [2.05, 4.69) is 0 Å². The van der Waals surface area contributed by atoms with Gasteiger partial charge in [0.2, 0.25) is 4.38 Å². The zero-order valence-corrected chi connectivity index (χ0v) is 12.7. The van der Waals surface area contributed by atoms with E-state index < -0.39 is 5.79 Å². The standard InChI is InChI=1S/C13H20O3S2/c1-13(2)15-10-6-8-7(11(10)16-13)4-5-9(8)14-12(17)18-3/h7-11H,4-6H2,1-3H3/t7-,8-,9+,10+,11-/m1/s1. The summed E-state index contributed by atoms with van der Waals surface area (Å²) >= 11 is 6.68. The summed E-state index contributed by atoms with van der Waals surface area (Å²) in [6.07, 6.45) is 6.09. The molecular formula is C13H20O3S2. The number of fused-ring (bicyclic) bond motifs is 3. The van der Waals surface area contributed by atoms with E-state index in [4.69, 9.17) is 26.4 Å². The summed E-state index contributed by atoms with van der Waals surface area (Å²) in [5.74, 6) is 0.737. The molecule has 18 heavy (non-hydrogen) atoms. The summed E-state index contributed by atoms with van der Waals surface area (Å²) in [5, 5.41) is 0. The Morgan fingerprint density at radius 3 is 2.78 bits per heavy atom. The van der Waals surface area contributed by atoms with Crippen LogP contribution in [0.4, 0.5) is 0 Å². The van der Waals surface area contributed by atoms with Crippen LogP contribution in [0.2, 0.25) is 0 Å². The second kappa shape index (κ2) is 4.62. The molecule has 0 aromatic rings. The first kappa shape index (κ1) is 13.2. The van der Waals surface area contributed by atoms with Crippen LogP contribution in [0.5, 0.6) is 0 Å². The molecule has 1 heterocycles. The summed E-state index contributed by atoms with van der Waals surface area (Å²) < 4.78 is 18.6. The molecule has 102 valence electrons. The first-order chi connectivity index (χ1) is 8.50. The summed E-state index contributed by atoms with van der Waals surface area (Å²) in [6.45, 7) is 4.01. The molecule has 5 atom stereocenters. The van der Waals surface area contributed by atoms with Crippen LogP contribution in [0.3, 0.4) is 0 Å². The predicted octanol–water partition coefficient (Wildman–Crippen LogP) is 2.97. The summed E-state index contributed by atoms with van der Waals surface area (Å²) in [7, 11) is 0. The molecule has 0 amide bonds. The van der Waals surface area contributed by atoms with Crippen LogP contribution in [0.25, 0.3) is 0 Å². The Morgan fingerprint density at radius 1 is 1.28 bits per heavy atom. The van der Waals surface area contributed by atoms with Gasteiger partial charge < -0.3 is 14.2 Å². The second-order valence-corrected chi connectivity index (χ2v) is 7.30. The average molecular weight is 288 g/mol.